The predicted octanol–water partition coefficient (Wildman–Crippen LogP) is 6.67. The van der Waals surface area contributed by atoms with E-state index in [9.17, 15) is 14.7 Å². The molecule has 0 radical (unpaired) electrons. The molecule has 6 rings (SSSR count). The molecule has 9 nitrogen and oxygen atoms in total. The number of hydroxylamine groups is 2. The van der Waals surface area contributed by atoms with E-state index in [2.05, 4.69) is 77.0 Å². The molecule has 2 aromatic rings. The molecule has 8 atom stereocenters. The number of amides is 2. The Hall–Kier alpha value is -2.98. The van der Waals surface area contributed by atoms with Gasteiger partial charge in [0.2, 0.25) is 5.91 Å². The molecule has 3 N–H and O–H groups in total. The monoisotopic (exact) mass is 719 g/mol. The van der Waals surface area contributed by atoms with E-state index >= 15 is 0 Å². The fourth-order valence-corrected chi connectivity index (χ4v) is 9.20. The van der Waals surface area contributed by atoms with Crippen LogP contribution in [0.25, 0.3) is 11.1 Å². The van der Waals surface area contributed by atoms with E-state index in [0.717, 1.165) is 41.6 Å². The van der Waals surface area contributed by atoms with E-state index in [1.165, 1.54) is 6.42 Å². The third-order valence-corrected chi connectivity index (χ3v) is 12.4. The van der Waals surface area contributed by atoms with Gasteiger partial charge in [-0.15, -0.1) is 0 Å². The van der Waals surface area contributed by atoms with Crippen LogP contribution in [-0.4, -0.2) is 85.5 Å². The highest BCUT2D eigenvalue weighted by molar-refractivity contribution is 5.96. The van der Waals surface area contributed by atoms with Crippen molar-refractivity contribution in [3.8, 4) is 16.9 Å². The molecule has 2 bridgehead atoms. The SMILES string of the molecule is COc1c(CN2OC[C@H]([C@H](C)O)[C@H]2C(=O)N[C@H]2C[C@H]3C[C@@H]([C@@H]2C)C3(C)C)cccc1-c1cc(C(=O)N[C@@H](CC(C)C)CN(C)C)cc(C(C)(C)C)c1. The lowest BCUT2D eigenvalue weighted by Gasteiger charge is -2.62. The number of aliphatic hydroxyl groups is 1. The van der Waals surface area contributed by atoms with Crippen molar-refractivity contribution in [2.24, 2.45) is 35.0 Å². The molecule has 9 heteroatoms. The predicted molar refractivity (Wildman–Crippen MR) is 208 cm³/mol. The number of nitrogens with zero attached hydrogens (tertiary/aromatic N) is 2. The molecule has 52 heavy (non-hydrogen) atoms. The minimum absolute atomic E-state index is 0.0250. The zero-order valence-corrected chi connectivity index (χ0v) is 33.9. The molecule has 2 aromatic carbocycles. The zero-order chi connectivity index (χ0) is 38.3. The van der Waals surface area contributed by atoms with Crippen LogP contribution < -0.4 is 15.4 Å². The van der Waals surface area contributed by atoms with Crippen LogP contribution in [0.5, 0.6) is 5.75 Å². The summed E-state index contributed by atoms with van der Waals surface area (Å²) in [6.07, 6.45) is 2.40. The van der Waals surface area contributed by atoms with E-state index in [4.69, 9.17) is 9.57 Å². The number of fused-ring (bicyclic) bond motifs is 2. The van der Waals surface area contributed by atoms with Gasteiger partial charge in [-0.3, -0.25) is 14.4 Å². The highest BCUT2D eigenvalue weighted by Crippen LogP contribution is 2.61. The van der Waals surface area contributed by atoms with Gasteiger partial charge < -0.3 is 25.4 Å². The molecular formula is C43H66N4O5. The maximum Gasteiger partial charge on any atom is 0.251 e. The number of nitrogens with one attached hydrogen (secondary N) is 2. The fourth-order valence-electron chi connectivity index (χ4n) is 9.20. The van der Waals surface area contributed by atoms with Gasteiger partial charge in [-0.1, -0.05) is 79.7 Å². The molecule has 4 aliphatic rings. The average molecular weight is 719 g/mol. The number of likely N-dealkylation sites (N-methyl/N-ethyl adjacent to an activating group) is 1. The second-order valence-electron chi connectivity index (χ2n) is 18.4. The summed E-state index contributed by atoms with van der Waals surface area (Å²) in [4.78, 5) is 36.3. The van der Waals surface area contributed by atoms with Crippen LogP contribution in [0.1, 0.15) is 103 Å². The van der Waals surface area contributed by atoms with Crippen molar-refractivity contribution >= 4 is 11.8 Å². The summed E-state index contributed by atoms with van der Waals surface area (Å²) >= 11 is 0. The van der Waals surface area contributed by atoms with Crippen LogP contribution in [0.4, 0.5) is 0 Å². The molecule has 2 amide bonds. The van der Waals surface area contributed by atoms with Gasteiger partial charge in [0.1, 0.15) is 11.8 Å². The van der Waals surface area contributed by atoms with Crippen molar-refractivity contribution in [2.75, 3.05) is 34.4 Å². The van der Waals surface area contributed by atoms with Crippen LogP contribution in [0.15, 0.2) is 36.4 Å². The van der Waals surface area contributed by atoms with E-state index in [1.54, 1.807) is 19.1 Å². The van der Waals surface area contributed by atoms with E-state index < -0.39 is 12.1 Å². The molecule has 0 aromatic heterocycles. The zero-order valence-electron chi connectivity index (χ0n) is 33.9. The van der Waals surface area contributed by atoms with E-state index in [0.29, 0.717) is 46.9 Å². The van der Waals surface area contributed by atoms with Crippen LogP contribution in [-0.2, 0) is 21.6 Å². The number of hydrogen-bond donors (Lipinski definition) is 3. The first-order valence-electron chi connectivity index (χ1n) is 19.5. The maximum atomic E-state index is 14.1. The maximum absolute atomic E-state index is 14.1. The normalized spacial score (nSPS) is 26.9. The third kappa shape index (κ3) is 8.53. The Morgan fingerprint density at radius 2 is 1.83 bits per heavy atom. The highest BCUT2D eigenvalue weighted by Gasteiger charge is 2.57. The van der Waals surface area contributed by atoms with Crippen molar-refractivity contribution in [3.63, 3.8) is 0 Å². The largest absolute Gasteiger partial charge is 0.496 e. The van der Waals surface area contributed by atoms with Gasteiger partial charge in [0.15, 0.2) is 0 Å². The molecule has 288 valence electrons. The molecule has 0 unspecified atom stereocenters. The summed E-state index contributed by atoms with van der Waals surface area (Å²) in [6.45, 7) is 20.9. The summed E-state index contributed by atoms with van der Waals surface area (Å²) in [7, 11) is 5.72. The molecule has 4 fully saturated rings. The van der Waals surface area contributed by atoms with Crippen LogP contribution in [0.3, 0.4) is 0 Å². The minimum atomic E-state index is -0.715. The quantitative estimate of drug-likeness (QED) is 0.213. The summed E-state index contributed by atoms with van der Waals surface area (Å²) in [5.74, 6) is 2.19. The van der Waals surface area contributed by atoms with Crippen LogP contribution >= 0.6 is 0 Å². The standard InChI is InChI=1S/C43H66N4O5/c1-25(2)16-33(23-46(10)11)44-40(49)30-17-29(18-31(19-30)42(5,6)7)34-15-13-14-28(39(34)51-12)22-47-38(35(24-52-47)27(4)48)41(50)45-37-21-32-20-36(26(37)3)43(32,8)9/h13-15,17-19,25-27,32-33,35-38,48H,16,20-24H2,1-12H3,(H,44,49)(H,45,50)/t26-,27-,32+,33-,35+,36-,37-,38-/m0/s1. The third-order valence-electron chi connectivity index (χ3n) is 12.4. The van der Waals surface area contributed by atoms with Gasteiger partial charge in [0.05, 0.1) is 26.4 Å². The molecule has 1 aliphatic heterocycles. The Morgan fingerprint density at radius 1 is 1.12 bits per heavy atom. The number of methoxy groups -OCH3 is 1. The van der Waals surface area contributed by atoms with Crippen LogP contribution in [0, 0.1) is 35.0 Å². The van der Waals surface area contributed by atoms with Crippen molar-refractivity contribution in [1.29, 1.82) is 0 Å². The lowest BCUT2D eigenvalue weighted by atomic mass is 9.45. The first-order valence-corrected chi connectivity index (χ1v) is 19.5. The topological polar surface area (TPSA) is 103 Å². The van der Waals surface area contributed by atoms with Gasteiger partial charge in [-0.05, 0) is 98.0 Å². The number of rotatable bonds is 13. The number of hydrogen-bond acceptors (Lipinski definition) is 7. The molecular weight excluding hydrogens is 652 g/mol. The number of carbonyl (C=O) groups is 2. The lowest BCUT2D eigenvalue weighted by molar-refractivity contribution is -0.161. The molecule has 1 heterocycles. The molecule has 0 spiro atoms. The van der Waals surface area contributed by atoms with Gasteiger partial charge in [-0.25, -0.2) is 0 Å². The van der Waals surface area contributed by atoms with Crippen molar-refractivity contribution in [2.45, 2.75) is 118 Å². The first kappa shape index (κ1) is 40.2. The Balaban J connectivity index is 1.43. The van der Waals surface area contributed by atoms with Gasteiger partial charge in [0, 0.05) is 41.2 Å². The number of carbonyl (C=O) groups excluding carboxylic acids is 2. The van der Waals surface area contributed by atoms with Crippen molar-refractivity contribution in [3.05, 3.63) is 53.1 Å². The molecule has 3 aliphatic carbocycles. The minimum Gasteiger partial charge on any atom is -0.496 e. The average Bonchev–Trinajstić information content (AvgIpc) is 3.48. The number of benzene rings is 2. The van der Waals surface area contributed by atoms with Crippen molar-refractivity contribution < 1.29 is 24.3 Å². The molecule has 3 saturated carbocycles. The second-order valence-corrected chi connectivity index (χ2v) is 18.4. The number of para-hydroxylation sites is 1. The van der Waals surface area contributed by atoms with Crippen molar-refractivity contribution in [1.82, 2.24) is 20.6 Å². The Kier molecular flexibility index (Phi) is 12.2. The van der Waals surface area contributed by atoms with Gasteiger partial charge in [0.25, 0.3) is 5.91 Å². The van der Waals surface area contributed by atoms with Gasteiger partial charge >= 0.3 is 0 Å². The first-order chi connectivity index (χ1) is 24.3. The lowest BCUT2D eigenvalue weighted by Crippen LogP contribution is -2.62. The summed E-state index contributed by atoms with van der Waals surface area (Å²) in [5.41, 5.74) is 4.38. The van der Waals surface area contributed by atoms with E-state index in [-0.39, 0.29) is 41.8 Å². The number of ether oxygens (including phenoxy) is 1. The fraction of sp³-hybridized carbons (Fsp3) is 0.674. The second kappa shape index (κ2) is 15.8. The summed E-state index contributed by atoms with van der Waals surface area (Å²) in [5, 5.41) is 19.2. The smallest absolute Gasteiger partial charge is 0.251 e. The molecule has 1 saturated heterocycles. The van der Waals surface area contributed by atoms with Crippen LogP contribution in [0.2, 0.25) is 0 Å². The number of aliphatic hydroxyl groups excluding tert-OH is 1. The Bertz CT molecular complexity index is 1570. The highest BCUT2D eigenvalue weighted by atomic mass is 16.7. The Labute approximate surface area is 313 Å². The van der Waals surface area contributed by atoms with E-state index in [1.807, 2.05) is 44.4 Å². The Morgan fingerprint density at radius 3 is 2.40 bits per heavy atom. The van der Waals surface area contributed by atoms with Gasteiger partial charge in [-0.2, -0.15) is 5.06 Å². The summed E-state index contributed by atoms with van der Waals surface area (Å²) < 4.78 is 6.12. The summed E-state index contributed by atoms with van der Waals surface area (Å²) in [6, 6.07) is 11.6.